The Kier molecular flexibility index (Phi) is 6.48. The number of carbonyl (C=O) groups excluding carboxylic acids is 2. The molecule has 0 spiro atoms. The van der Waals surface area contributed by atoms with Crippen molar-refractivity contribution in [1.29, 1.82) is 0 Å². The van der Waals surface area contributed by atoms with Gasteiger partial charge in [-0.2, -0.15) is 0 Å². The van der Waals surface area contributed by atoms with E-state index in [0.29, 0.717) is 42.2 Å². The molecule has 1 saturated heterocycles. The van der Waals surface area contributed by atoms with Crippen molar-refractivity contribution in [2.75, 3.05) is 27.9 Å². The Morgan fingerprint density at radius 1 is 1.12 bits per heavy atom. The van der Waals surface area contributed by atoms with Crippen molar-refractivity contribution in [3.63, 3.8) is 0 Å². The fourth-order valence-electron chi connectivity index (χ4n) is 3.66. The molecule has 174 valence electrons. The van der Waals surface area contributed by atoms with Crippen molar-refractivity contribution in [3.8, 4) is 28.7 Å². The van der Waals surface area contributed by atoms with Gasteiger partial charge in [-0.25, -0.2) is 4.79 Å². The van der Waals surface area contributed by atoms with E-state index in [1.54, 1.807) is 24.3 Å². The normalized spacial score (nSPS) is 15.4. The third kappa shape index (κ3) is 4.47. The lowest BCUT2D eigenvalue weighted by molar-refractivity contribution is -0.150. The van der Waals surface area contributed by atoms with Crippen LogP contribution in [0.25, 0.3) is 11.5 Å². The molecule has 1 fully saturated rings. The molecule has 0 bridgehead atoms. The van der Waals surface area contributed by atoms with E-state index in [9.17, 15) is 9.59 Å². The number of carbonyl (C=O) groups is 2. The van der Waals surface area contributed by atoms with Crippen molar-refractivity contribution in [1.82, 2.24) is 15.1 Å². The van der Waals surface area contributed by atoms with Gasteiger partial charge in [0.2, 0.25) is 11.6 Å². The maximum absolute atomic E-state index is 12.6. The van der Waals surface area contributed by atoms with E-state index in [1.165, 1.54) is 32.5 Å². The summed E-state index contributed by atoms with van der Waals surface area (Å²) in [4.78, 5) is 26.7. The molecule has 1 amide bonds. The van der Waals surface area contributed by atoms with Gasteiger partial charge in [0.1, 0.15) is 6.04 Å². The number of amides is 1. The summed E-state index contributed by atoms with van der Waals surface area (Å²) >= 11 is 0. The number of furan rings is 1. The lowest BCUT2D eigenvalue weighted by atomic mass is 10.2. The van der Waals surface area contributed by atoms with E-state index in [4.69, 9.17) is 27.8 Å². The number of nitrogens with zero attached hydrogens (tertiary/aromatic N) is 3. The van der Waals surface area contributed by atoms with Gasteiger partial charge < -0.3 is 32.7 Å². The second-order valence-corrected chi connectivity index (χ2v) is 7.16. The summed E-state index contributed by atoms with van der Waals surface area (Å²) in [5.74, 6) is 0.886. The van der Waals surface area contributed by atoms with E-state index in [1.807, 2.05) is 0 Å². The number of methoxy groups -OCH3 is 3. The van der Waals surface area contributed by atoms with Crippen LogP contribution >= 0.6 is 0 Å². The largest absolute Gasteiger partial charge is 0.493 e. The fourth-order valence-corrected chi connectivity index (χ4v) is 3.66. The summed E-state index contributed by atoms with van der Waals surface area (Å²) in [6.45, 7) is 0.223. The maximum atomic E-state index is 12.6. The molecular formula is C22H23N3O8. The molecule has 0 radical (unpaired) electrons. The highest BCUT2D eigenvalue weighted by Gasteiger charge is 2.36. The van der Waals surface area contributed by atoms with Crippen molar-refractivity contribution in [2.24, 2.45) is 0 Å². The van der Waals surface area contributed by atoms with Crippen molar-refractivity contribution >= 4 is 11.9 Å². The highest BCUT2D eigenvalue weighted by Crippen LogP contribution is 2.40. The number of ether oxygens (including phenoxy) is 4. The second-order valence-electron chi connectivity index (χ2n) is 7.16. The first-order valence-corrected chi connectivity index (χ1v) is 10.2. The van der Waals surface area contributed by atoms with Crippen LogP contribution < -0.4 is 14.2 Å². The van der Waals surface area contributed by atoms with Gasteiger partial charge in [-0.1, -0.05) is 0 Å². The van der Waals surface area contributed by atoms with Gasteiger partial charge in [0, 0.05) is 12.1 Å². The van der Waals surface area contributed by atoms with E-state index in [2.05, 4.69) is 10.2 Å². The van der Waals surface area contributed by atoms with Gasteiger partial charge in [0.05, 0.1) is 27.6 Å². The molecule has 33 heavy (non-hydrogen) atoms. The maximum Gasteiger partial charge on any atom is 0.329 e. The predicted octanol–water partition coefficient (Wildman–Crippen LogP) is 2.70. The summed E-state index contributed by atoms with van der Waals surface area (Å²) in [7, 11) is 4.51. The molecule has 0 aliphatic carbocycles. The lowest BCUT2D eigenvalue weighted by Gasteiger charge is -2.21. The summed E-state index contributed by atoms with van der Waals surface area (Å²) in [6.07, 6.45) is 2.61. The second kappa shape index (κ2) is 9.63. The van der Waals surface area contributed by atoms with Crippen molar-refractivity contribution in [3.05, 3.63) is 42.2 Å². The van der Waals surface area contributed by atoms with E-state index >= 15 is 0 Å². The van der Waals surface area contributed by atoms with Crippen LogP contribution in [0.5, 0.6) is 17.2 Å². The van der Waals surface area contributed by atoms with Crippen LogP contribution in [-0.4, -0.2) is 60.9 Å². The quantitative estimate of drug-likeness (QED) is 0.466. The highest BCUT2D eigenvalue weighted by atomic mass is 16.5. The predicted molar refractivity (Wildman–Crippen MR) is 112 cm³/mol. The Balaban J connectivity index is 1.43. The molecular weight excluding hydrogens is 434 g/mol. The molecule has 3 aromatic rings. The van der Waals surface area contributed by atoms with Gasteiger partial charge in [0.15, 0.2) is 23.9 Å². The average Bonchev–Trinajstić information content (AvgIpc) is 3.62. The molecule has 1 aliphatic rings. The Labute approximate surface area is 189 Å². The molecule has 11 heteroatoms. The molecule has 1 aliphatic heterocycles. The zero-order chi connectivity index (χ0) is 23.4. The minimum absolute atomic E-state index is 0.106. The first kappa shape index (κ1) is 22.2. The number of hydrogen-bond donors (Lipinski definition) is 0. The SMILES string of the molecule is COc1cc(-c2nnc(COC(=O)[C@@H]3CCCN3C(=O)c3ccco3)o2)cc(OC)c1OC. The average molecular weight is 457 g/mol. The fraction of sp³-hybridized carbons (Fsp3) is 0.364. The molecule has 1 atom stereocenters. The monoisotopic (exact) mass is 457 g/mol. The molecule has 0 saturated carbocycles. The van der Waals surface area contributed by atoms with Gasteiger partial charge in [-0.3, -0.25) is 4.79 Å². The Hall–Kier alpha value is -4.02. The number of esters is 1. The zero-order valence-corrected chi connectivity index (χ0v) is 18.4. The number of hydrogen-bond acceptors (Lipinski definition) is 10. The molecule has 3 heterocycles. The van der Waals surface area contributed by atoms with E-state index in [0.717, 1.165) is 0 Å². The number of benzene rings is 1. The van der Waals surface area contributed by atoms with Crippen LogP contribution in [0.2, 0.25) is 0 Å². The first-order valence-electron chi connectivity index (χ1n) is 10.2. The minimum Gasteiger partial charge on any atom is -0.493 e. The van der Waals surface area contributed by atoms with Crippen LogP contribution in [0, 0.1) is 0 Å². The third-order valence-corrected chi connectivity index (χ3v) is 5.23. The molecule has 0 N–H and O–H groups in total. The molecule has 11 nitrogen and oxygen atoms in total. The summed E-state index contributed by atoms with van der Waals surface area (Å²) < 4.78 is 32.1. The van der Waals surface area contributed by atoms with Crippen LogP contribution in [0.3, 0.4) is 0 Å². The first-order chi connectivity index (χ1) is 16.0. The number of likely N-dealkylation sites (tertiary alicyclic amines) is 1. The zero-order valence-electron chi connectivity index (χ0n) is 18.4. The van der Waals surface area contributed by atoms with Gasteiger partial charge >= 0.3 is 5.97 Å². The topological polar surface area (TPSA) is 126 Å². The van der Waals surface area contributed by atoms with E-state index in [-0.39, 0.29) is 30.1 Å². The van der Waals surface area contributed by atoms with Gasteiger partial charge in [-0.05, 0) is 37.1 Å². The molecule has 0 unspecified atom stereocenters. The third-order valence-electron chi connectivity index (χ3n) is 5.23. The molecule has 1 aromatic carbocycles. The van der Waals surface area contributed by atoms with Crippen LogP contribution in [0.4, 0.5) is 0 Å². The minimum atomic E-state index is -0.694. The van der Waals surface area contributed by atoms with Crippen molar-refractivity contribution in [2.45, 2.75) is 25.5 Å². The smallest absolute Gasteiger partial charge is 0.329 e. The number of rotatable bonds is 8. The Morgan fingerprint density at radius 3 is 2.52 bits per heavy atom. The van der Waals surface area contributed by atoms with Crippen molar-refractivity contribution < 1.29 is 37.4 Å². The summed E-state index contributed by atoms with van der Waals surface area (Å²) in [5.41, 5.74) is 0.542. The van der Waals surface area contributed by atoms with Gasteiger partial charge in [0.25, 0.3) is 11.8 Å². The van der Waals surface area contributed by atoms with E-state index < -0.39 is 12.0 Å². The molecule has 2 aromatic heterocycles. The lowest BCUT2D eigenvalue weighted by Crippen LogP contribution is -2.41. The van der Waals surface area contributed by atoms with Crippen LogP contribution in [0.15, 0.2) is 39.4 Å². The standard InChI is InChI=1S/C22H23N3O8/c1-28-16-10-13(11-17(29-2)19(16)30-3)20-24-23-18(33-20)12-32-22(27)14-6-4-8-25(14)21(26)15-7-5-9-31-15/h5,7,9-11,14H,4,6,8,12H2,1-3H3/t14-/m0/s1. The van der Waals surface area contributed by atoms with Gasteiger partial charge in [-0.15, -0.1) is 10.2 Å². The molecule has 4 rings (SSSR count). The highest BCUT2D eigenvalue weighted by molar-refractivity contribution is 5.94. The number of aromatic nitrogens is 2. The summed E-state index contributed by atoms with van der Waals surface area (Å²) in [5, 5.41) is 7.95. The Bertz CT molecular complexity index is 1100. The Morgan fingerprint density at radius 2 is 1.88 bits per heavy atom. The van der Waals surface area contributed by atoms with Crippen LogP contribution in [0.1, 0.15) is 29.3 Å². The summed E-state index contributed by atoms with van der Waals surface area (Å²) in [6, 6.07) is 5.83. The van der Waals surface area contributed by atoms with Crippen LogP contribution in [-0.2, 0) is 16.1 Å².